The second-order valence-corrected chi connectivity index (χ2v) is 13.7. The highest BCUT2D eigenvalue weighted by molar-refractivity contribution is 6.08. The van der Waals surface area contributed by atoms with Gasteiger partial charge in [-0.25, -0.2) is 18.7 Å². The molecule has 6 heteroatoms. The number of para-hydroxylation sites is 1. The molecule has 2 aromatic rings. The molecule has 0 spiro atoms. The van der Waals surface area contributed by atoms with Crippen molar-refractivity contribution in [3.05, 3.63) is 94.0 Å². The van der Waals surface area contributed by atoms with Crippen LogP contribution in [0.4, 0.5) is 8.78 Å². The van der Waals surface area contributed by atoms with Gasteiger partial charge in [0.25, 0.3) is 0 Å². The van der Waals surface area contributed by atoms with Crippen LogP contribution in [0, 0.1) is 11.8 Å². The monoisotopic (exact) mass is 659 g/mol. The number of Topliss-reactive ketones (excluding diaryl/α,β-unsaturated/α-hetero) is 1. The third kappa shape index (κ3) is 10.1. The molecule has 1 saturated heterocycles. The topological polar surface area (TPSA) is 46.1 Å². The summed E-state index contributed by atoms with van der Waals surface area (Å²) in [5.74, 6) is -3.11. The molecule has 0 radical (unpaired) electrons. The van der Waals surface area contributed by atoms with Gasteiger partial charge in [-0.2, -0.15) is 0 Å². The van der Waals surface area contributed by atoms with Crippen molar-refractivity contribution in [1.29, 1.82) is 0 Å². The Kier molecular flexibility index (Phi) is 15.1. The van der Waals surface area contributed by atoms with Gasteiger partial charge in [0.1, 0.15) is 6.33 Å². The average Bonchev–Trinajstić information content (AvgIpc) is 3.73. The first-order valence-electron chi connectivity index (χ1n) is 18.3. The van der Waals surface area contributed by atoms with Crippen molar-refractivity contribution < 1.29 is 13.6 Å². The number of nitrogens with zero attached hydrogens (tertiary/aromatic N) is 3. The number of allylic oxidation sites excluding steroid dienone is 9. The highest BCUT2D eigenvalue weighted by Crippen LogP contribution is 2.41. The standard InChI is InChI=1S/C23H29F2N3O.C14H16.C3H8.C2H6/c1-16(14-28-10-3-2-4-11-28)12-20-18-6-5-7-19(21(18)27-15-26-20)22(29)17-8-9-23(24,25)13-17;1-9-5-7-13(11(9)3)14-8-6-10(2)12(14)4;1-3-2;1-2/h5-7,15-17H,2-4,8-14H2,1H3;5-7H,3,8H2,1-2,4H3;3H2,1-2H3;1-2H3/t16-,17?;;;/m1.../s1. The van der Waals surface area contributed by atoms with E-state index in [4.69, 9.17) is 0 Å². The molecule has 1 aliphatic heterocycles. The largest absolute Gasteiger partial charge is 0.303 e. The minimum atomic E-state index is -2.73. The molecule has 0 amide bonds. The number of hydrogen-bond donors (Lipinski definition) is 0. The first kappa shape index (κ1) is 39.2. The van der Waals surface area contributed by atoms with Crippen molar-refractivity contribution in [2.75, 3.05) is 19.6 Å². The summed E-state index contributed by atoms with van der Waals surface area (Å²) in [4.78, 5) is 24.3. The fourth-order valence-corrected chi connectivity index (χ4v) is 6.89. The van der Waals surface area contributed by atoms with Gasteiger partial charge >= 0.3 is 0 Å². The second kappa shape index (κ2) is 18.5. The van der Waals surface area contributed by atoms with Crippen LogP contribution in [0.5, 0.6) is 0 Å². The summed E-state index contributed by atoms with van der Waals surface area (Å²) in [7, 11) is 0. The Bertz CT molecular complexity index is 1540. The maximum atomic E-state index is 13.6. The Hall–Kier alpha value is -3.25. The van der Waals surface area contributed by atoms with E-state index >= 15 is 0 Å². The van der Waals surface area contributed by atoms with E-state index in [0.29, 0.717) is 17.0 Å². The second-order valence-electron chi connectivity index (χ2n) is 13.7. The molecule has 1 aromatic carbocycles. The van der Waals surface area contributed by atoms with Crippen LogP contribution in [0.15, 0.2) is 82.8 Å². The Labute approximate surface area is 289 Å². The summed E-state index contributed by atoms with van der Waals surface area (Å²) in [6, 6.07) is 5.48. The van der Waals surface area contributed by atoms with Crippen molar-refractivity contribution in [3.63, 3.8) is 0 Å². The molecule has 6 rings (SSSR count). The number of carbonyl (C=O) groups excluding carboxylic acids is 1. The fourth-order valence-electron chi connectivity index (χ4n) is 6.89. The van der Waals surface area contributed by atoms with Gasteiger partial charge in [-0.3, -0.25) is 4.79 Å². The smallest absolute Gasteiger partial charge is 0.248 e. The normalized spacial score (nSPS) is 20.8. The summed E-state index contributed by atoms with van der Waals surface area (Å²) >= 11 is 0. The van der Waals surface area contributed by atoms with Crippen LogP contribution in [0.25, 0.3) is 10.9 Å². The van der Waals surface area contributed by atoms with Crippen LogP contribution >= 0.6 is 0 Å². The molecule has 0 N–H and O–H groups in total. The molecule has 4 aliphatic rings. The average molecular weight is 660 g/mol. The van der Waals surface area contributed by atoms with Crippen LogP contribution in [-0.4, -0.2) is 46.2 Å². The number of piperidine rings is 1. The van der Waals surface area contributed by atoms with Crippen molar-refractivity contribution in [3.8, 4) is 0 Å². The Morgan fingerprint density at radius 3 is 2.29 bits per heavy atom. The van der Waals surface area contributed by atoms with E-state index < -0.39 is 11.8 Å². The van der Waals surface area contributed by atoms with Gasteiger partial charge < -0.3 is 4.90 Å². The molecule has 1 saturated carbocycles. The zero-order valence-electron chi connectivity index (χ0n) is 30.9. The van der Waals surface area contributed by atoms with E-state index in [2.05, 4.69) is 81.2 Å². The lowest BCUT2D eigenvalue weighted by atomic mass is 9.93. The lowest BCUT2D eigenvalue weighted by molar-refractivity contribution is 0.00530. The number of alkyl halides is 2. The van der Waals surface area contributed by atoms with Gasteiger partial charge in [0.15, 0.2) is 5.78 Å². The first-order chi connectivity index (χ1) is 23.0. The van der Waals surface area contributed by atoms with Crippen LogP contribution in [0.2, 0.25) is 0 Å². The number of likely N-dealkylation sites (tertiary alicyclic amines) is 1. The Morgan fingerprint density at radius 2 is 1.73 bits per heavy atom. The number of fused-ring (bicyclic) bond motifs is 1. The number of aromatic nitrogens is 2. The fraction of sp³-hybridized carbons (Fsp3) is 0.548. The van der Waals surface area contributed by atoms with E-state index in [1.54, 1.807) is 6.07 Å². The zero-order valence-corrected chi connectivity index (χ0v) is 30.9. The number of rotatable bonds is 7. The van der Waals surface area contributed by atoms with Crippen LogP contribution in [0.3, 0.4) is 0 Å². The predicted octanol–water partition coefficient (Wildman–Crippen LogP) is 11.5. The minimum absolute atomic E-state index is 0.206. The summed E-state index contributed by atoms with van der Waals surface area (Å²) in [5, 5.41) is 0.869. The molecule has 2 atom stereocenters. The van der Waals surface area contributed by atoms with Crippen molar-refractivity contribution in [1.82, 2.24) is 14.9 Å². The number of halogens is 2. The van der Waals surface area contributed by atoms with E-state index in [0.717, 1.165) is 30.5 Å². The van der Waals surface area contributed by atoms with Crippen molar-refractivity contribution in [2.45, 2.75) is 119 Å². The predicted molar refractivity (Wildman–Crippen MR) is 199 cm³/mol. The van der Waals surface area contributed by atoms with Gasteiger partial charge in [0.05, 0.1) is 11.2 Å². The van der Waals surface area contributed by atoms with Gasteiger partial charge in [0.2, 0.25) is 5.92 Å². The maximum absolute atomic E-state index is 13.6. The molecule has 1 aromatic heterocycles. The van der Waals surface area contributed by atoms with Gasteiger partial charge in [-0.05, 0) is 106 Å². The molecule has 262 valence electrons. The Balaban J connectivity index is 0.000000274. The molecule has 1 unspecified atom stereocenters. The van der Waals surface area contributed by atoms with E-state index in [9.17, 15) is 13.6 Å². The van der Waals surface area contributed by atoms with Gasteiger partial charge in [0, 0.05) is 36.3 Å². The van der Waals surface area contributed by atoms with Crippen LogP contribution in [-0.2, 0) is 6.42 Å². The molecule has 2 heterocycles. The van der Waals surface area contributed by atoms with Gasteiger partial charge in [-0.1, -0.05) is 90.0 Å². The van der Waals surface area contributed by atoms with Crippen molar-refractivity contribution >= 4 is 16.7 Å². The van der Waals surface area contributed by atoms with Crippen LogP contribution < -0.4 is 0 Å². The summed E-state index contributed by atoms with van der Waals surface area (Å²) in [5.41, 5.74) is 10.1. The molecule has 0 bridgehead atoms. The summed E-state index contributed by atoms with van der Waals surface area (Å²) < 4.78 is 27.2. The molecule has 4 nitrogen and oxygen atoms in total. The molecular formula is C42H59F2N3O. The minimum Gasteiger partial charge on any atom is -0.303 e. The third-order valence-corrected chi connectivity index (χ3v) is 9.63. The summed E-state index contributed by atoms with van der Waals surface area (Å²) in [6.45, 7) is 24.5. The Morgan fingerprint density at radius 1 is 1.04 bits per heavy atom. The SMILES string of the molecule is C=C1C(C)=CC=C1C1=C(C)C(C)=CC1.CC.CCC.C[C@H](Cc1ncnc2c(C(=O)C3CCC(F)(F)C3)cccc12)CN1CCCCC1. The maximum Gasteiger partial charge on any atom is 0.248 e. The molecule has 3 aliphatic carbocycles. The highest BCUT2D eigenvalue weighted by atomic mass is 19.3. The van der Waals surface area contributed by atoms with Crippen molar-refractivity contribution in [2.24, 2.45) is 11.8 Å². The third-order valence-electron chi connectivity index (χ3n) is 9.63. The van der Waals surface area contributed by atoms with E-state index in [-0.39, 0.29) is 25.0 Å². The van der Waals surface area contributed by atoms with Gasteiger partial charge in [-0.15, -0.1) is 0 Å². The molecule has 2 fully saturated rings. The zero-order chi connectivity index (χ0) is 35.4. The van der Waals surface area contributed by atoms with E-state index in [1.165, 1.54) is 78.5 Å². The summed E-state index contributed by atoms with van der Waals surface area (Å²) in [6.07, 6.45) is 14.8. The number of benzene rings is 1. The molecule has 48 heavy (non-hydrogen) atoms. The number of ketones is 1. The lowest BCUT2D eigenvalue weighted by Gasteiger charge is -2.29. The quantitative estimate of drug-likeness (QED) is 0.278. The number of hydrogen-bond acceptors (Lipinski definition) is 4. The number of carbonyl (C=O) groups is 1. The highest BCUT2D eigenvalue weighted by Gasteiger charge is 2.43. The lowest BCUT2D eigenvalue weighted by Crippen LogP contribution is -2.34. The van der Waals surface area contributed by atoms with E-state index in [1.807, 2.05) is 26.0 Å². The molecular weight excluding hydrogens is 600 g/mol. The first-order valence-corrected chi connectivity index (χ1v) is 18.3. The van der Waals surface area contributed by atoms with Crippen LogP contribution in [0.1, 0.15) is 123 Å².